The summed E-state index contributed by atoms with van der Waals surface area (Å²) in [6.45, 7) is 6.32. The van der Waals surface area contributed by atoms with Gasteiger partial charge in [0.15, 0.2) is 5.60 Å². The second kappa shape index (κ2) is 9.30. The number of hydrogen-bond donors (Lipinski definition) is 2. The van der Waals surface area contributed by atoms with Crippen LogP contribution in [0.2, 0.25) is 0 Å². The van der Waals surface area contributed by atoms with Crippen LogP contribution in [0.5, 0.6) is 0 Å². The van der Waals surface area contributed by atoms with Crippen molar-refractivity contribution in [1.82, 2.24) is 15.2 Å². The summed E-state index contributed by atoms with van der Waals surface area (Å²) in [4.78, 5) is 19.0. The Morgan fingerprint density at radius 2 is 2.00 bits per heavy atom. The summed E-state index contributed by atoms with van der Waals surface area (Å²) in [6.07, 6.45) is 5.05. The van der Waals surface area contributed by atoms with Crippen molar-refractivity contribution in [2.45, 2.75) is 51.7 Å². The summed E-state index contributed by atoms with van der Waals surface area (Å²) in [7, 11) is 0. The lowest BCUT2D eigenvalue weighted by Gasteiger charge is -2.38. The highest BCUT2D eigenvalue weighted by molar-refractivity contribution is 5.86. The maximum atomic E-state index is 12.9. The van der Waals surface area contributed by atoms with Gasteiger partial charge in [-0.05, 0) is 56.2 Å². The number of nitrogens with one attached hydrogen (secondary N) is 1. The van der Waals surface area contributed by atoms with Crippen molar-refractivity contribution >= 4 is 5.91 Å². The Bertz CT molecular complexity index is 794. The molecule has 0 bridgehead atoms. The lowest BCUT2D eigenvalue weighted by atomic mass is 9.91. The average molecular weight is 382 g/mol. The van der Waals surface area contributed by atoms with E-state index in [1.54, 1.807) is 0 Å². The van der Waals surface area contributed by atoms with E-state index < -0.39 is 5.60 Å². The third-order valence-corrected chi connectivity index (χ3v) is 5.58. The molecular weight excluding hydrogens is 350 g/mol. The van der Waals surface area contributed by atoms with Crippen molar-refractivity contribution < 1.29 is 9.90 Å². The third-order valence-electron chi connectivity index (χ3n) is 5.58. The van der Waals surface area contributed by atoms with Gasteiger partial charge >= 0.3 is 0 Å². The number of nitrogens with zero attached hydrogens (tertiary/aromatic N) is 2. The van der Waals surface area contributed by atoms with Gasteiger partial charge in [-0.15, -0.1) is 0 Å². The normalized spacial score (nSPS) is 19.8. The minimum atomic E-state index is -1.31. The van der Waals surface area contributed by atoms with Gasteiger partial charge in [-0.25, -0.2) is 0 Å². The molecule has 0 radical (unpaired) electrons. The standard InChI is InChI=1S/C23H31N3O2/c1-18-14-21(16-25-19(18)2)15-24-17-23(28)11-7-13-26(22(23)27)12-6-10-20-8-4-3-5-9-20/h3-5,8-9,14,16,24,28H,6-7,10-13,15,17H2,1-2H3/t23-/m0/s1. The van der Waals surface area contributed by atoms with Crippen molar-refractivity contribution in [1.29, 1.82) is 0 Å². The van der Waals surface area contributed by atoms with Crippen molar-refractivity contribution in [3.05, 3.63) is 65.0 Å². The molecule has 28 heavy (non-hydrogen) atoms. The average Bonchev–Trinajstić information content (AvgIpc) is 2.69. The number of aromatic nitrogens is 1. The lowest BCUT2D eigenvalue weighted by molar-refractivity contribution is -0.156. The van der Waals surface area contributed by atoms with Gasteiger partial charge in [-0.2, -0.15) is 0 Å². The van der Waals surface area contributed by atoms with E-state index >= 15 is 0 Å². The summed E-state index contributed by atoms with van der Waals surface area (Å²) >= 11 is 0. The van der Waals surface area contributed by atoms with E-state index in [1.165, 1.54) is 5.56 Å². The van der Waals surface area contributed by atoms with Gasteiger partial charge in [0.05, 0.1) is 0 Å². The summed E-state index contributed by atoms with van der Waals surface area (Å²) < 4.78 is 0. The number of rotatable bonds is 8. The number of pyridine rings is 1. The van der Waals surface area contributed by atoms with Gasteiger partial charge < -0.3 is 15.3 Å². The molecule has 1 atom stereocenters. The molecule has 1 aliphatic heterocycles. The third kappa shape index (κ3) is 5.18. The molecule has 0 unspecified atom stereocenters. The molecule has 0 aliphatic carbocycles. The number of aryl methyl sites for hydroxylation is 3. The topological polar surface area (TPSA) is 65.5 Å². The minimum Gasteiger partial charge on any atom is -0.379 e. The molecule has 5 nitrogen and oxygen atoms in total. The number of carbonyl (C=O) groups excluding carboxylic acids is 1. The fraction of sp³-hybridized carbons (Fsp3) is 0.478. The number of amides is 1. The fourth-order valence-electron chi connectivity index (χ4n) is 3.77. The van der Waals surface area contributed by atoms with Gasteiger partial charge in [-0.3, -0.25) is 9.78 Å². The van der Waals surface area contributed by atoms with E-state index in [1.807, 2.05) is 43.1 Å². The Kier molecular flexibility index (Phi) is 6.81. The van der Waals surface area contributed by atoms with Crippen LogP contribution < -0.4 is 5.32 Å². The van der Waals surface area contributed by atoms with Crippen LogP contribution in [-0.4, -0.2) is 46.1 Å². The van der Waals surface area contributed by atoms with E-state index in [0.29, 0.717) is 19.5 Å². The first kappa shape index (κ1) is 20.5. The number of hydrogen-bond acceptors (Lipinski definition) is 4. The Hall–Kier alpha value is -2.24. The van der Waals surface area contributed by atoms with Crippen molar-refractivity contribution in [3.63, 3.8) is 0 Å². The Balaban J connectivity index is 1.49. The summed E-state index contributed by atoms with van der Waals surface area (Å²) in [5, 5.41) is 14.2. The first-order valence-corrected chi connectivity index (χ1v) is 10.2. The van der Waals surface area contributed by atoms with Crippen LogP contribution in [0.25, 0.3) is 0 Å². The molecule has 2 N–H and O–H groups in total. The molecule has 1 aromatic carbocycles. The van der Waals surface area contributed by atoms with Gasteiger partial charge in [0, 0.05) is 38.1 Å². The van der Waals surface area contributed by atoms with E-state index in [9.17, 15) is 9.90 Å². The largest absolute Gasteiger partial charge is 0.379 e. The molecule has 1 aromatic heterocycles. The minimum absolute atomic E-state index is 0.141. The summed E-state index contributed by atoms with van der Waals surface area (Å²) in [6, 6.07) is 12.4. The fourth-order valence-corrected chi connectivity index (χ4v) is 3.77. The number of aliphatic hydroxyl groups is 1. The smallest absolute Gasteiger partial charge is 0.255 e. The van der Waals surface area contributed by atoms with Crippen LogP contribution in [0.3, 0.4) is 0 Å². The van der Waals surface area contributed by atoms with E-state index in [2.05, 4.69) is 28.5 Å². The highest BCUT2D eigenvalue weighted by Gasteiger charge is 2.41. The molecule has 0 saturated carbocycles. The van der Waals surface area contributed by atoms with Gasteiger partial charge in [-0.1, -0.05) is 36.4 Å². The number of benzene rings is 1. The van der Waals surface area contributed by atoms with Gasteiger partial charge in [0.2, 0.25) is 0 Å². The molecule has 3 rings (SSSR count). The van der Waals surface area contributed by atoms with E-state index in [0.717, 1.165) is 42.6 Å². The van der Waals surface area contributed by atoms with Gasteiger partial charge in [0.25, 0.3) is 5.91 Å². The van der Waals surface area contributed by atoms with Crippen LogP contribution in [0.1, 0.15) is 41.6 Å². The Labute approximate surface area is 167 Å². The predicted octanol–water partition coefficient (Wildman–Crippen LogP) is 2.77. The zero-order valence-corrected chi connectivity index (χ0v) is 16.9. The van der Waals surface area contributed by atoms with Crippen LogP contribution >= 0.6 is 0 Å². The molecule has 150 valence electrons. The quantitative estimate of drug-likeness (QED) is 0.738. The Morgan fingerprint density at radius 3 is 2.75 bits per heavy atom. The van der Waals surface area contributed by atoms with E-state index in [-0.39, 0.29) is 12.5 Å². The second-order valence-corrected chi connectivity index (χ2v) is 7.87. The van der Waals surface area contributed by atoms with Crippen LogP contribution in [-0.2, 0) is 17.8 Å². The monoisotopic (exact) mass is 381 g/mol. The van der Waals surface area contributed by atoms with Crippen molar-refractivity contribution in [3.8, 4) is 0 Å². The number of piperidine rings is 1. The maximum absolute atomic E-state index is 12.9. The highest BCUT2D eigenvalue weighted by Crippen LogP contribution is 2.23. The molecule has 1 saturated heterocycles. The summed E-state index contributed by atoms with van der Waals surface area (Å²) in [5.74, 6) is -0.141. The molecule has 0 spiro atoms. The number of likely N-dealkylation sites (tertiary alicyclic amines) is 1. The number of carbonyl (C=O) groups is 1. The first-order chi connectivity index (χ1) is 13.5. The van der Waals surface area contributed by atoms with Crippen LogP contribution in [0, 0.1) is 13.8 Å². The molecule has 2 heterocycles. The molecule has 1 amide bonds. The molecule has 1 aliphatic rings. The highest BCUT2D eigenvalue weighted by atomic mass is 16.3. The molecule has 1 fully saturated rings. The van der Waals surface area contributed by atoms with Crippen molar-refractivity contribution in [2.24, 2.45) is 0 Å². The zero-order chi connectivity index (χ0) is 20.0. The lowest BCUT2D eigenvalue weighted by Crippen LogP contribution is -2.58. The van der Waals surface area contributed by atoms with Crippen LogP contribution in [0.4, 0.5) is 0 Å². The summed E-state index contributed by atoms with van der Waals surface area (Å²) in [5.41, 5.74) is 3.21. The van der Waals surface area contributed by atoms with Crippen molar-refractivity contribution in [2.75, 3.05) is 19.6 Å². The molecule has 2 aromatic rings. The van der Waals surface area contributed by atoms with Crippen LogP contribution in [0.15, 0.2) is 42.6 Å². The first-order valence-electron chi connectivity index (χ1n) is 10.2. The molecule has 5 heteroatoms. The maximum Gasteiger partial charge on any atom is 0.255 e. The van der Waals surface area contributed by atoms with E-state index in [4.69, 9.17) is 0 Å². The van der Waals surface area contributed by atoms with Gasteiger partial charge in [0.1, 0.15) is 0 Å². The zero-order valence-electron chi connectivity index (χ0n) is 16.9. The predicted molar refractivity (Wildman–Crippen MR) is 111 cm³/mol. The SMILES string of the molecule is Cc1cc(CNC[C@@]2(O)CCCN(CCCc3ccccc3)C2=O)cnc1C. The molecular formula is C23H31N3O2. The Morgan fingerprint density at radius 1 is 1.21 bits per heavy atom. The second-order valence-electron chi connectivity index (χ2n) is 7.87.